The van der Waals surface area contributed by atoms with Crippen molar-refractivity contribution in [1.29, 1.82) is 0 Å². The number of aromatic nitrogens is 3. The zero-order valence-electron chi connectivity index (χ0n) is 10.1. The van der Waals surface area contributed by atoms with Crippen LogP contribution >= 0.6 is 11.5 Å². The van der Waals surface area contributed by atoms with Gasteiger partial charge in [0.25, 0.3) is 0 Å². The average Bonchev–Trinajstić information content (AvgIpc) is 2.99. The number of hydrogen-bond acceptors (Lipinski definition) is 6. The van der Waals surface area contributed by atoms with Gasteiger partial charge < -0.3 is 9.64 Å². The summed E-state index contributed by atoms with van der Waals surface area (Å²) in [5.74, 6) is 1.67. The van der Waals surface area contributed by atoms with Crippen LogP contribution in [-0.4, -0.2) is 33.5 Å². The van der Waals surface area contributed by atoms with Crippen LogP contribution in [0.4, 0.5) is 5.13 Å². The number of ether oxygens (including phenoxy) is 1. The highest BCUT2D eigenvalue weighted by molar-refractivity contribution is 7.09. The van der Waals surface area contributed by atoms with Gasteiger partial charge in [-0.25, -0.2) is 4.98 Å². The smallest absolute Gasteiger partial charge is 0.205 e. The Morgan fingerprint density at radius 2 is 2.44 bits per heavy atom. The Morgan fingerprint density at radius 1 is 1.50 bits per heavy atom. The fourth-order valence-corrected chi connectivity index (χ4v) is 2.73. The molecule has 18 heavy (non-hydrogen) atoms. The van der Waals surface area contributed by atoms with E-state index in [0.717, 1.165) is 36.2 Å². The summed E-state index contributed by atoms with van der Waals surface area (Å²) < 4.78 is 10.1. The molecule has 1 saturated heterocycles. The van der Waals surface area contributed by atoms with Crippen molar-refractivity contribution >= 4 is 16.7 Å². The molecule has 3 heterocycles. The normalized spacial score (nSPS) is 19.2. The van der Waals surface area contributed by atoms with Crippen LogP contribution in [0.2, 0.25) is 0 Å². The Labute approximate surface area is 110 Å². The molecule has 2 aromatic rings. The molecule has 0 unspecified atom stereocenters. The lowest BCUT2D eigenvalue weighted by Crippen LogP contribution is -2.24. The largest absolute Gasteiger partial charge is 0.487 e. The van der Waals surface area contributed by atoms with Crippen molar-refractivity contribution in [3.8, 4) is 5.75 Å². The minimum absolute atomic E-state index is 0.207. The predicted molar refractivity (Wildman–Crippen MR) is 70.1 cm³/mol. The third-order valence-electron chi connectivity index (χ3n) is 2.87. The predicted octanol–water partition coefficient (Wildman–Crippen LogP) is 1.90. The summed E-state index contributed by atoms with van der Waals surface area (Å²) in [7, 11) is 0. The van der Waals surface area contributed by atoms with Crippen molar-refractivity contribution < 1.29 is 4.74 Å². The number of anilines is 1. The lowest BCUT2D eigenvalue weighted by Gasteiger charge is -2.15. The Morgan fingerprint density at radius 3 is 3.17 bits per heavy atom. The lowest BCUT2D eigenvalue weighted by atomic mass is 10.3. The van der Waals surface area contributed by atoms with Crippen molar-refractivity contribution in [1.82, 2.24) is 14.3 Å². The number of aryl methyl sites for hydroxylation is 1. The van der Waals surface area contributed by atoms with E-state index in [0.29, 0.717) is 0 Å². The number of pyridine rings is 1. The van der Waals surface area contributed by atoms with Crippen LogP contribution in [0.1, 0.15) is 12.2 Å². The molecule has 1 fully saturated rings. The van der Waals surface area contributed by atoms with Crippen LogP contribution in [0.5, 0.6) is 5.75 Å². The van der Waals surface area contributed by atoms with E-state index in [1.807, 2.05) is 19.1 Å². The van der Waals surface area contributed by atoms with Gasteiger partial charge in [-0.15, -0.1) is 0 Å². The van der Waals surface area contributed by atoms with E-state index in [-0.39, 0.29) is 6.10 Å². The van der Waals surface area contributed by atoms with Gasteiger partial charge in [0.15, 0.2) is 0 Å². The van der Waals surface area contributed by atoms with Gasteiger partial charge in [0.1, 0.15) is 17.7 Å². The molecule has 0 bridgehead atoms. The van der Waals surface area contributed by atoms with Gasteiger partial charge in [0.05, 0.1) is 12.7 Å². The lowest BCUT2D eigenvalue weighted by molar-refractivity contribution is 0.224. The maximum Gasteiger partial charge on any atom is 0.205 e. The second kappa shape index (κ2) is 4.89. The first-order valence-electron chi connectivity index (χ1n) is 5.93. The van der Waals surface area contributed by atoms with E-state index in [1.54, 1.807) is 12.4 Å². The SMILES string of the molecule is Cc1nsc(N2CC[C@@H](Oc3cccnc3)C2)n1. The van der Waals surface area contributed by atoms with Crippen molar-refractivity contribution in [2.24, 2.45) is 0 Å². The van der Waals surface area contributed by atoms with Crippen LogP contribution in [0, 0.1) is 6.92 Å². The number of rotatable bonds is 3. The first-order chi connectivity index (χ1) is 8.81. The molecule has 0 aliphatic carbocycles. The number of hydrogen-bond donors (Lipinski definition) is 0. The molecular weight excluding hydrogens is 248 g/mol. The van der Waals surface area contributed by atoms with Gasteiger partial charge in [0.2, 0.25) is 5.13 Å². The summed E-state index contributed by atoms with van der Waals surface area (Å²) in [6.07, 6.45) is 4.71. The summed E-state index contributed by atoms with van der Waals surface area (Å²) in [6, 6.07) is 3.82. The van der Waals surface area contributed by atoms with Crippen LogP contribution in [0.15, 0.2) is 24.5 Å². The molecular formula is C12H14N4OS. The molecule has 2 aromatic heterocycles. The van der Waals surface area contributed by atoms with Crippen LogP contribution in [0.25, 0.3) is 0 Å². The minimum Gasteiger partial charge on any atom is -0.487 e. The maximum atomic E-state index is 5.89. The molecule has 0 amide bonds. The van der Waals surface area contributed by atoms with E-state index < -0.39 is 0 Å². The van der Waals surface area contributed by atoms with Gasteiger partial charge in [-0.2, -0.15) is 4.37 Å². The second-order valence-corrected chi connectivity index (χ2v) is 5.02. The molecule has 1 aliphatic heterocycles. The van der Waals surface area contributed by atoms with Gasteiger partial charge >= 0.3 is 0 Å². The fourth-order valence-electron chi connectivity index (χ4n) is 2.02. The molecule has 0 radical (unpaired) electrons. The molecule has 0 saturated carbocycles. The molecule has 1 aliphatic rings. The molecule has 0 N–H and O–H groups in total. The van der Waals surface area contributed by atoms with E-state index in [4.69, 9.17) is 4.74 Å². The van der Waals surface area contributed by atoms with Crippen molar-refractivity contribution in [3.63, 3.8) is 0 Å². The molecule has 5 nitrogen and oxygen atoms in total. The second-order valence-electron chi connectivity index (χ2n) is 4.29. The van der Waals surface area contributed by atoms with E-state index in [2.05, 4.69) is 19.2 Å². The third-order valence-corrected chi connectivity index (χ3v) is 3.74. The Bertz CT molecular complexity index is 516. The summed E-state index contributed by atoms with van der Waals surface area (Å²) >= 11 is 1.45. The Balaban J connectivity index is 1.62. The number of nitrogens with zero attached hydrogens (tertiary/aromatic N) is 4. The van der Waals surface area contributed by atoms with Crippen LogP contribution < -0.4 is 9.64 Å². The van der Waals surface area contributed by atoms with Crippen molar-refractivity contribution in [2.75, 3.05) is 18.0 Å². The van der Waals surface area contributed by atoms with Gasteiger partial charge in [-0.3, -0.25) is 4.98 Å². The van der Waals surface area contributed by atoms with Gasteiger partial charge in [-0.1, -0.05) is 0 Å². The standard InChI is InChI=1S/C12H14N4OS/c1-9-14-12(18-15-9)16-6-4-11(8-16)17-10-3-2-5-13-7-10/h2-3,5,7,11H,4,6,8H2,1H3/t11-/m1/s1. The van der Waals surface area contributed by atoms with Gasteiger partial charge in [-0.05, 0) is 19.1 Å². The zero-order valence-corrected chi connectivity index (χ0v) is 10.9. The van der Waals surface area contributed by atoms with E-state index in [9.17, 15) is 0 Å². The monoisotopic (exact) mass is 262 g/mol. The third kappa shape index (κ3) is 2.43. The van der Waals surface area contributed by atoms with E-state index >= 15 is 0 Å². The minimum atomic E-state index is 0.207. The maximum absolute atomic E-state index is 5.89. The van der Waals surface area contributed by atoms with E-state index in [1.165, 1.54) is 11.5 Å². The zero-order chi connectivity index (χ0) is 12.4. The molecule has 1 atom stereocenters. The topological polar surface area (TPSA) is 51.1 Å². The van der Waals surface area contributed by atoms with Gasteiger partial charge in [0, 0.05) is 30.7 Å². The van der Waals surface area contributed by atoms with Crippen LogP contribution in [-0.2, 0) is 0 Å². The Hall–Kier alpha value is -1.69. The van der Waals surface area contributed by atoms with Crippen molar-refractivity contribution in [2.45, 2.75) is 19.4 Å². The molecule has 0 spiro atoms. The summed E-state index contributed by atoms with van der Waals surface area (Å²) in [5.41, 5.74) is 0. The highest BCUT2D eigenvalue weighted by Crippen LogP contribution is 2.24. The average molecular weight is 262 g/mol. The summed E-state index contributed by atoms with van der Waals surface area (Å²) in [6.45, 7) is 3.75. The first kappa shape index (κ1) is 11.4. The van der Waals surface area contributed by atoms with Crippen LogP contribution in [0.3, 0.4) is 0 Å². The summed E-state index contributed by atoms with van der Waals surface area (Å²) in [5, 5.41) is 0.991. The molecule has 3 rings (SSSR count). The first-order valence-corrected chi connectivity index (χ1v) is 6.70. The molecule has 6 heteroatoms. The van der Waals surface area contributed by atoms with Crippen molar-refractivity contribution in [3.05, 3.63) is 30.4 Å². The fraction of sp³-hybridized carbons (Fsp3) is 0.417. The Kier molecular flexibility index (Phi) is 3.10. The highest BCUT2D eigenvalue weighted by Gasteiger charge is 2.26. The quantitative estimate of drug-likeness (QED) is 0.845. The molecule has 94 valence electrons. The summed E-state index contributed by atoms with van der Waals surface area (Å²) in [4.78, 5) is 10.7. The molecule has 0 aromatic carbocycles. The highest BCUT2D eigenvalue weighted by atomic mass is 32.1.